The monoisotopic (exact) mass is 684 g/mol. The van der Waals surface area contributed by atoms with Crippen LogP contribution in [-0.2, 0) is 48.3 Å². The molecular weight excluding hydrogens is 628 g/mol. The summed E-state index contributed by atoms with van der Waals surface area (Å²) in [6.07, 6.45) is 9.65. The molecule has 1 saturated carbocycles. The Hall–Kier alpha value is -3.17. The Morgan fingerprint density at radius 1 is 0.760 bits per heavy atom. The van der Waals surface area contributed by atoms with E-state index in [0.29, 0.717) is 38.4 Å². The number of carbonyl (C=O) groups is 1. The first-order valence-corrected chi connectivity index (χ1v) is 18.7. The molecule has 1 heterocycles. The zero-order chi connectivity index (χ0) is 34.8. The third-order valence-electron chi connectivity index (χ3n) is 9.72. The predicted octanol–water partition coefficient (Wildman–Crippen LogP) is 8.52. The van der Waals surface area contributed by atoms with Crippen LogP contribution in [0, 0.1) is 5.92 Å². The van der Waals surface area contributed by atoms with Gasteiger partial charge in [0.15, 0.2) is 6.29 Å². The minimum atomic E-state index is -1.12. The van der Waals surface area contributed by atoms with Gasteiger partial charge < -0.3 is 28.8 Å². The van der Waals surface area contributed by atoms with Crippen molar-refractivity contribution in [2.24, 2.45) is 5.92 Å². The Balaban J connectivity index is 1.36. The summed E-state index contributed by atoms with van der Waals surface area (Å²) in [5.74, 6) is 0.459. The van der Waals surface area contributed by atoms with Gasteiger partial charge in [0.25, 0.3) is 0 Å². The van der Waals surface area contributed by atoms with Crippen LogP contribution in [0.2, 0.25) is 0 Å². The largest absolute Gasteiger partial charge is 0.385 e. The lowest BCUT2D eigenvalue weighted by atomic mass is 9.84. The maximum atomic E-state index is 12.2. The van der Waals surface area contributed by atoms with Gasteiger partial charge in [0.2, 0.25) is 0 Å². The smallest absolute Gasteiger partial charge is 0.187 e. The summed E-state index contributed by atoms with van der Waals surface area (Å²) < 4.78 is 32.7. The number of aliphatic hydroxyl groups is 1. The van der Waals surface area contributed by atoms with E-state index in [0.717, 1.165) is 42.4 Å². The van der Waals surface area contributed by atoms with E-state index in [9.17, 15) is 9.90 Å². The molecule has 0 spiro atoms. The van der Waals surface area contributed by atoms with Crippen LogP contribution in [0.3, 0.4) is 0 Å². The molecule has 270 valence electrons. The van der Waals surface area contributed by atoms with E-state index in [2.05, 4.69) is 19.1 Å². The second-order valence-corrected chi connectivity index (χ2v) is 13.7. The van der Waals surface area contributed by atoms with E-state index in [4.69, 9.17) is 23.7 Å². The van der Waals surface area contributed by atoms with Gasteiger partial charge in [-0.1, -0.05) is 136 Å². The van der Waals surface area contributed by atoms with Gasteiger partial charge in [-0.2, -0.15) is 0 Å². The average molecular weight is 685 g/mol. The molecular formula is C43H56O7. The molecule has 1 aliphatic heterocycles. The SMILES string of the molecule is CCCCCCC/C=C/C(O[C@H]1O[C@H](COCc2ccccc2)[C@@H](OCc2ccccc2)[C@H](OCc2ccccc2)[C@H]1O)C1CCC(=O)CC1. The van der Waals surface area contributed by atoms with Crippen LogP contribution in [-0.4, -0.2) is 54.3 Å². The molecule has 2 aliphatic rings. The van der Waals surface area contributed by atoms with Crippen molar-refractivity contribution in [1.29, 1.82) is 0 Å². The molecule has 6 atom stereocenters. The molecule has 0 aromatic heterocycles. The Bertz CT molecular complexity index is 1370. The van der Waals surface area contributed by atoms with Crippen molar-refractivity contribution in [2.45, 2.75) is 128 Å². The Kier molecular flexibility index (Phi) is 16.2. The van der Waals surface area contributed by atoms with Crippen LogP contribution >= 0.6 is 0 Å². The molecule has 0 bridgehead atoms. The fourth-order valence-electron chi connectivity index (χ4n) is 6.79. The highest BCUT2D eigenvalue weighted by molar-refractivity contribution is 5.79. The van der Waals surface area contributed by atoms with E-state index in [1.54, 1.807) is 0 Å². The summed E-state index contributed by atoms with van der Waals surface area (Å²) in [7, 11) is 0. The van der Waals surface area contributed by atoms with Gasteiger partial charge in [-0.15, -0.1) is 0 Å². The Morgan fingerprint density at radius 3 is 1.92 bits per heavy atom. The number of benzene rings is 3. The molecule has 50 heavy (non-hydrogen) atoms. The highest BCUT2D eigenvalue weighted by Gasteiger charge is 2.48. The molecule has 3 aromatic carbocycles. The molecule has 7 heteroatoms. The molecule has 0 amide bonds. The normalized spacial score (nSPS) is 23.7. The van der Waals surface area contributed by atoms with Crippen LogP contribution < -0.4 is 0 Å². The van der Waals surface area contributed by atoms with Gasteiger partial charge in [0.05, 0.1) is 32.5 Å². The van der Waals surface area contributed by atoms with Gasteiger partial charge in [-0.25, -0.2) is 0 Å². The number of hydrogen-bond acceptors (Lipinski definition) is 7. The minimum Gasteiger partial charge on any atom is -0.385 e. The lowest BCUT2D eigenvalue weighted by Crippen LogP contribution is -2.61. The van der Waals surface area contributed by atoms with Crippen molar-refractivity contribution in [2.75, 3.05) is 6.61 Å². The fourth-order valence-corrected chi connectivity index (χ4v) is 6.79. The quantitative estimate of drug-likeness (QED) is 0.0944. The lowest BCUT2D eigenvalue weighted by molar-refractivity contribution is -0.327. The van der Waals surface area contributed by atoms with Crippen molar-refractivity contribution < 1.29 is 33.6 Å². The fraction of sp³-hybridized carbons (Fsp3) is 0.512. The number of hydrogen-bond donors (Lipinski definition) is 1. The molecule has 2 fully saturated rings. The summed E-state index contributed by atoms with van der Waals surface area (Å²) in [6, 6.07) is 29.9. The zero-order valence-corrected chi connectivity index (χ0v) is 29.7. The first-order valence-electron chi connectivity index (χ1n) is 18.7. The van der Waals surface area contributed by atoms with Crippen LogP contribution in [0.15, 0.2) is 103 Å². The summed E-state index contributed by atoms with van der Waals surface area (Å²) in [5.41, 5.74) is 3.06. The van der Waals surface area contributed by atoms with E-state index in [1.165, 1.54) is 25.7 Å². The Morgan fingerprint density at radius 2 is 1.32 bits per heavy atom. The van der Waals surface area contributed by atoms with Crippen molar-refractivity contribution in [3.8, 4) is 0 Å². The number of ketones is 1. The van der Waals surface area contributed by atoms with Gasteiger partial charge in [-0.3, -0.25) is 4.79 Å². The van der Waals surface area contributed by atoms with E-state index >= 15 is 0 Å². The molecule has 1 aliphatic carbocycles. The molecule has 1 unspecified atom stereocenters. The number of unbranched alkanes of at least 4 members (excludes halogenated alkanes) is 5. The topological polar surface area (TPSA) is 83.5 Å². The zero-order valence-electron chi connectivity index (χ0n) is 29.7. The second kappa shape index (κ2) is 21.3. The van der Waals surface area contributed by atoms with Crippen molar-refractivity contribution >= 4 is 5.78 Å². The van der Waals surface area contributed by atoms with E-state index in [-0.39, 0.29) is 18.6 Å². The number of carbonyl (C=O) groups excluding carboxylic acids is 1. The summed E-state index contributed by atoms with van der Waals surface area (Å²) in [5, 5.41) is 12.0. The average Bonchev–Trinajstić information content (AvgIpc) is 3.15. The van der Waals surface area contributed by atoms with Crippen LogP contribution in [0.5, 0.6) is 0 Å². The van der Waals surface area contributed by atoms with Crippen molar-refractivity contribution in [3.05, 3.63) is 120 Å². The van der Waals surface area contributed by atoms with E-state index in [1.807, 2.05) is 91.0 Å². The van der Waals surface area contributed by atoms with Crippen molar-refractivity contribution in [3.63, 3.8) is 0 Å². The molecule has 7 nitrogen and oxygen atoms in total. The predicted molar refractivity (Wildman–Crippen MR) is 195 cm³/mol. The van der Waals surface area contributed by atoms with Gasteiger partial charge in [-0.05, 0) is 48.3 Å². The highest BCUT2D eigenvalue weighted by atomic mass is 16.7. The molecule has 1 N–H and O–H groups in total. The molecule has 3 aromatic rings. The summed E-state index contributed by atoms with van der Waals surface area (Å²) >= 11 is 0. The Labute approximate surface area is 298 Å². The standard InChI is InChI=1S/C43H56O7/c1-2-3-4-5-6-7-17-24-38(36-25-27-37(44)28-26-36)49-43-40(45)42(48-31-35-22-15-10-16-23-35)41(47-30-34-20-13-9-14-21-34)39(50-43)32-46-29-33-18-11-8-12-19-33/h8-24,36,38-43,45H,2-7,25-32H2,1H3/b24-17+/t38?,39-,40-,41-,42-,43+/m1/s1. The molecule has 0 radical (unpaired) electrons. The van der Waals surface area contributed by atoms with Crippen molar-refractivity contribution in [1.82, 2.24) is 0 Å². The number of allylic oxidation sites excluding steroid dienone is 1. The second-order valence-electron chi connectivity index (χ2n) is 13.7. The third-order valence-corrected chi connectivity index (χ3v) is 9.72. The van der Waals surface area contributed by atoms with Gasteiger partial charge in [0, 0.05) is 12.8 Å². The van der Waals surface area contributed by atoms with Crippen LogP contribution in [0.4, 0.5) is 0 Å². The first kappa shape index (κ1) is 38.1. The van der Waals surface area contributed by atoms with Crippen LogP contribution in [0.25, 0.3) is 0 Å². The third kappa shape index (κ3) is 12.3. The summed E-state index contributed by atoms with van der Waals surface area (Å²) in [6.45, 7) is 3.49. The number of ether oxygens (including phenoxy) is 5. The molecule has 1 saturated heterocycles. The number of rotatable bonds is 20. The summed E-state index contributed by atoms with van der Waals surface area (Å²) in [4.78, 5) is 12.2. The minimum absolute atomic E-state index is 0.156. The van der Waals surface area contributed by atoms with E-state index < -0.39 is 30.7 Å². The van der Waals surface area contributed by atoms with Gasteiger partial charge >= 0.3 is 0 Å². The van der Waals surface area contributed by atoms with Gasteiger partial charge in [0.1, 0.15) is 30.2 Å². The maximum absolute atomic E-state index is 12.2. The lowest BCUT2D eigenvalue weighted by Gasteiger charge is -2.45. The molecule has 5 rings (SSSR count). The first-order chi connectivity index (χ1) is 24.6. The maximum Gasteiger partial charge on any atom is 0.187 e. The highest BCUT2D eigenvalue weighted by Crippen LogP contribution is 2.33. The number of aliphatic hydroxyl groups excluding tert-OH is 1. The number of Topliss-reactive ketones (excluding diaryl/α,β-unsaturated/α-hetero) is 1. The van der Waals surface area contributed by atoms with Crippen LogP contribution in [0.1, 0.15) is 87.8 Å².